The van der Waals surface area contributed by atoms with Crippen molar-refractivity contribution < 1.29 is 4.74 Å². The average molecular weight is 302 g/mol. The first-order chi connectivity index (χ1) is 10.2. The van der Waals surface area contributed by atoms with Crippen LogP contribution in [0.25, 0.3) is 16.9 Å². The van der Waals surface area contributed by atoms with E-state index in [9.17, 15) is 0 Å². The zero-order valence-electron chi connectivity index (χ0n) is 12.0. The van der Waals surface area contributed by atoms with Gasteiger partial charge in [-0.15, -0.1) is 0 Å². The Kier molecular flexibility index (Phi) is 3.80. The van der Waals surface area contributed by atoms with Gasteiger partial charge in [-0.3, -0.25) is 0 Å². The summed E-state index contributed by atoms with van der Waals surface area (Å²) in [4.78, 5) is 4.60. The molecule has 0 aliphatic heterocycles. The molecule has 0 fully saturated rings. The van der Waals surface area contributed by atoms with Crippen LogP contribution >= 0.6 is 11.6 Å². The molecule has 0 amide bonds. The van der Waals surface area contributed by atoms with Gasteiger partial charge >= 0.3 is 0 Å². The fourth-order valence-corrected chi connectivity index (χ4v) is 2.61. The summed E-state index contributed by atoms with van der Waals surface area (Å²) in [5.74, 6) is 0.783. The fourth-order valence-electron chi connectivity index (χ4n) is 2.36. The minimum atomic E-state index is 0.574. The summed E-state index contributed by atoms with van der Waals surface area (Å²) in [7, 11) is 1.65. The van der Waals surface area contributed by atoms with Gasteiger partial charge < -0.3 is 4.74 Å². The molecular formula is C16H16ClN3O. The van der Waals surface area contributed by atoms with Crippen LogP contribution in [0.15, 0.2) is 36.4 Å². The van der Waals surface area contributed by atoms with Gasteiger partial charge in [0.15, 0.2) is 5.65 Å². The van der Waals surface area contributed by atoms with Gasteiger partial charge in [-0.05, 0) is 24.6 Å². The van der Waals surface area contributed by atoms with Crippen molar-refractivity contribution in [1.29, 1.82) is 0 Å². The smallest absolute Gasteiger partial charge is 0.157 e. The van der Waals surface area contributed by atoms with Crippen LogP contribution in [0.3, 0.4) is 0 Å². The summed E-state index contributed by atoms with van der Waals surface area (Å²) in [5.41, 5.74) is 3.47. The van der Waals surface area contributed by atoms with E-state index in [-0.39, 0.29) is 0 Å². The Balaban J connectivity index is 2.14. The Morgan fingerprint density at radius 1 is 1.24 bits per heavy atom. The molecule has 0 aliphatic carbocycles. The van der Waals surface area contributed by atoms with Crippen molar-refractivity contribution in [2.45, 2.75) is 19.8 Å². The first-order valence-electron chi connectivity index (χ1n) is 6.91. The second-order valence-electron chi connectivity index (χ2n) is 4.82. The molecule has 0 N–H and O–H groups in total. The average Bonchev–Trinajstić information content (AvgIpc) is 2.92. The number of hydrogen-bond donors (Lipinski definition) is 0. The van der Waals surface area contributed by atoms with Crippen molar-refractivity contribution in [3.63, 3.8) is 0 Å². The molecule has 0 saturated carbocycles. The van der Waals surface area contributed by atoms with Crippen molar-refractivity contribution in [2.75, 3.05) is 7.11 Å². The molecule has 21 heavy (non-hydrogen) atoms. The Bertz CT molecular complexity index is 782. The first kappa shape index (κ1) is 13.9. The standard InChI is InChI=1S/C16H16ClN3O/c1-3-6-11-9-15(17)20-16(18-11)10-13(19-20)12-7-4-5-8-14(12)21-2/h4-5,7-10H,3,6H2,1-2H3. The third-order valence-corrected chi connectivity index (χ3v) is 3.60. The third kappa shape index (κ3) is 2.59. The van der Waals surface area contributed by atoms with Crippen molar-refractivity contribution in [3.05, 3.63) is 47.2 Å². The largest absolute Gasteiger partial charge is 0.496 e. The number of fused-ring (bicyclic) bond motifs is 1. The molecule has 0 bridgehead atoms. The predicted molar refractivity (Wildman–Crippen MR) is 84.0 cm³/mol. The second kappa shape index (κ2) is 5.74. The van der Waals surface area contributed by atoms with Crippen molar-refractivity contribution in [3.8, 4) is 17.0 Å². The SMILES string of the molecule is CCCc1cc(Cl)n2nc(-c3ccccc3OC)cc2n1. The fraction of sp³-hybridized carbons (Fsp3) is 0.250. The summed E-state index contributed by atoms with van der Waals surface area (Å²) < 4.78 is 7.04. The minimum Gasteiger partial charge on any atom is -0.496 e. The number of benzene rings is 1. The molecule has 2 aromatic heterocycles. The highest BCUT2D eigenvalue weighted by molar-refractivity contribution is 6.29. The van der Waals surface area contributed by atoms with E-state index >= 15 is 0 Å². The molecule has 3 rings (SSSR count). The molecule has 0 radical (unpaired) electrons. The monoisotopic (exact) mass is 301 g/mol. The summed E-state index contributed by atoms with van der Waals surface area (Å²) in [6, 6.07) is 11.6. The maximum atomic E-state index is 6.30. The topological polar surface area (TPSA) is 39.4 Å². The molecule has 5 heteroatoms. The minimum absolute atomic E-state index is 0.574. The molecular weight excluding hydrogens is 286 g/mol. The summed E-state index contributed by atoms with van der Waals surface area (Å²) in [5, 5.41) is 5.11. The molecule has 2 heterocycles. The highest BCUT2D eigenvalue weighted by atomic mass is 35.5. The zero-order valence-corrected chi connectivity index (χ0v) is 12.8. The van der Waals surface area contributed by atoms with Crippen LogP contribution in [-0.2, 0) is 6.42 Å². The molecule has 0 saturated heterocycles. The van der Waals surface area contributed by atoms with Gasteiger partial charge in [0.25, 0.3) is 0 Å². The molecule has 108 valence electrons. The molecule has 1 aromatic carbocycles. The maximum absolute atomic E-state index is 6.30. The first-order valence-corrected chi connectivity index (χ1v) is 7.29. The second-order valence-corrected chi connectivity index (χ2v) is 5.21. The Labute approximate surface area is 128 Å². The Morgan fingerprint density at radius 2 is 2.05 bits per heavy atom. The van der Waals surface area contributed by atoms with Gasteiger partial charge in [0.1, 0.15) is 10.9 Å². The van der Waals surface area contributed by atoms with Crippen LogP contribution in [0.5, 0.6) is 5.75 Å². The van der Waals surface area contributed by atoms with Gasteiger partial charge in [-0.1, -0.05) is 37.1 Å². The van der Waals surface area contributed by atoms with E-state index in [1.54, 1.807) is 11.6 Å². The Morgan fingerprint density at radius 3 is 2.81 bits per heavy atom. The summed E-state index contributed by atoms with van der Waals surface area (Å²) in [6.45, 7) is 2.12. The van der Waals surface area contributed by atoms with Gasteiger partial charge in [-0.25, -0.2) is 9.50 Å². The number of hydrogen-bond acceptors (Lipinski definition) is 3. The number of ether oxygens (including phenoxy) is 1. The van der Waals surface area contributed by atoms with Gasteiger partial charge in [0, 0.05) is 17.3 Å². The predicted octanol–water partition coefficient (Wildman–Crippen LogP) is 4.01. The summed E-state index contributed by atoms with van der Waals surface area (Å²) >= 11 is 6.30. The number of methoxy groups -OCH3 is 1. The van der Waals surface area contributed by atoms with E-state index in [2.05, 4.69) is 17.0 Å². The lowest BCUT2D eigenvalue weighted by Gasteiger charge is -2.04. The number of rotatable bonds is 4. The number of nitrogens with zero attached hydrogens (tertiary/aromatic N) is 3. The molecule has 4 nitrogen and oxygen atoms in total. The van der Waals surface area contributed by atoms with E-state index in [0.717, 1.165) is 41.2 Å². The van der Waals surface area contributed by atoms with Crippen molar-refractivity contribution in [2.24, 2.45) is 0 Å². The van der Waals surface area contributed by atoms with Crippen molar-refractivity contribution >= 4 is 17.2 Å². The number of aromatic nitrogens is 3. The quantitative estimate of drug-likeness (QED) is 0.684. The number of halogens is 1. The zero-order chi connectivity index (χ0) is 14.8. The maximum Gasteiger partial charge on any atom is 0.157 e. The van der Waals surface area contributed by atoms with Crippen LogP contribution < -0.4 is 4.74 Å². The van der Waals surface area contributed by atoms with E-state index in [1.165, 1.54) is 0 Å². The van der Waals surface area contributed by atoms with Crippen LogP contribution in [0.4, 0.5) is 0 Å². The lowest BCUT2D eigenvalue weighted by molar-refractivity contribution is 0.416. The Hall–Kier alpha value is -2.07. The van der Waals surface area contributed by atoms with Gasteiger partial charge in [0.05, 0.1) is 12.8 Å². The lowest BCUT2D eigenvalue weighted by Crippen LogP contribution is -1.97. The van der Waals surface area contributed by atoms with E-state index in [1.807, 2.05) is 36.4 Å². The highest BCUT2D eigenvalue weighted by Crippen LogP contribution is 2.29. The van der Waals surface area contributed by atoms with Gasteiger partial charge in [0.2, 0.25) is 0 Å². The highest BCUT2D eigenvalue weighted by Gasteiger charge is 2.12. The van der Waals surface area contributed by atoms with E-state index < -0.39 is 0 Å². The number of para-hydroxylation sites is 1. The third-order valence-electron chi connectivity index (χ3n) is 3.33. The van der Waals surface area contributed by atoms with Crippen LogP contribution in [0, 0.1) is 0 Å². The van der Waals surface area contributed by atoms with Crippen LogP contribution in [0.2, 0.25) is 5.15 Å². The molecule has 0 unspecified atom stereocenters. The summed E-state index contributed by atoms with van der Waals surface area (Å²) in [6.07, 6.45) is 1.94. The van der Waals surface area contributed by atoms with Crippen molar-refractivity contribution in [1.82, 2.24) is 14.6 Å². The van der Waals surface area contributed by atoms with Gasteiger partial charge in [-0.2, -0.15) is 5.10 Å². The normalized spacial score (nSPS) is 11.0. The molecule has 0 aliphatic rings. The van der Waals surface area contributed by atoms with Crippen LogP contribution in [0.1, 0.15) is 19.0 Å². The molecule has 0 atom stereocenters. The van der Waals surface area contributed by atoms with Crippen LogP contribution in [-0.4, -0.2) is 21.7 Å². The number of aryl methyl sites for hydroxylation is 1. The lowest BCUT2D eigenvalue weighted by atomic mass is 10.1. The molecule has 0 spiro atoms. The molecule has 3 aromatic rings. The van der Waals surface area contributed by atoms with E-state index in [4.69, 9.17) is 16.3 Å². The van der Waals surface area contributed by atoms with E-state index in [0.29, 0.717) is 5.15 Å².